The number of rotatable bonds is 5. The van der Waals surface area contributed by atoms with Gasteiger partial charge in [-0.15, -0.1) is 0 Å². The van der Waals surface area contributed by atoms with Crippen LogP contribution in [0.15, 0.2) is 47.4 Å². The van der Waals surface area contributed by atoms with E-state index in [1.807, 2.05) is 0 Å². The molecule has 1 aliphatic heterocycles. The molecule has 8 nitrogen and oxygen atoms in total. The zero-order chi connectivity index (χ0) is 28.8. The van der Waals surface area contributed by atoms with Crippen LogP contribution in [0.2, 0.25) is 0 Å². The highest BCUT2D eigenvalue weighted by Gasteiger charge is 2.71. The number of nitrogens with zero attached hydrogens (tertiary/aromatic N) is 1. The number of carbonyl (C=O) groups is 2. The maximum atomic E-state index is 13.2. The molecule has 1 aliphatic rings. The first-order valence-electron chi connectivity index (χ1n) is 10.8. The van der Waals surface area contributed by atoms with Crippen LogP contribution < -0.4 is 5.32 Å². The molecule has 1 atom stereocenters. The highest BCUT2D eigenvalue weighted by Crippen LogP contribution is 2.50. The minimum atomic E-state index is -6.08. The molecule has 2 N–H and O–H groups in total. The fraction of sp³-hybridized carbons (Fsp3) is 0.391. The zero-order valence-corrected chi connectivity index (χ0v) is 20.8. The summed E-state index contributed by atoms with van der Waals surface area (Å²) < 4.78 is 108. The zero-order valence-electron chi connectivity index (χ0n) is 20.0. The van der Waals surface area contributed by atoms with E-state index < -0.39 is 57.5 Å². The molecule has 0 bridgehead atoms. The molecule has 0 radical (unpaired) electrons. The van der Waals surface area contributed by atoms with E-state index in [-0.39, 0.29) is 22.7 Å². The Balaban J connectivity index is 1.95. The van der Waals surface area contributed by atoms with Gasteiger partial charge in [-0.1, -0.05) is 18.2 Å². The predicted octanol–water partition coefficient (Wildman–Crippen LogP) is 4.44. The second-order valence-electron chi connectivity index (χ2n) is 8.87. The van der Waals surface area contributed by atoms with Gasteiger partial charge in [0.05, 0.1) is 17.5 Å². The summed E-state index contributed by atoms with van der Waals surface area (Å²) in [4.78, 5) is 26.8. The molecule has 15 heteroatoms. The van der Waals surface area contributed by atoms with Gasteiger partial charge in [-0.25, -0.2) is 13.2 Å². The fourth-order valence-corrected chi connectivity index (χ4v) is 4.55. The van der Waals surface area contributed by atoms with Crippen LogP contribution >= 0.6 is 0 Å². The second-order valence-corrected chi connectivity index (χ2v) is 10.9. The van der Waals surface area contributed by atoms with Crippen molar-refractivity contribution in [1.29, 1.82) is 0 Å². The number of hydrogen-bond acceptors (Lipinski definition) is 6. The van der Waals surface area contributed by atoms with Crippen LogP contribution in [-0.2, 0) is 31.5 Å². The van der Waals surface area contributed by atoms with Crippen LogP contribution in [0, 0.1) is 0 Å². The monoisotopic (exact) mass is 568 g/mol. The Bertz CT molecular complexity index is 1330. The van der Waals surface area contributed by atoms with Gasteiger partial charge >= 0.3 is 18.4 Å². The van der Waals surface area contributed by atoms with Crippen molar-refractivity contribution in [2.24, 2.45) is 0 Å². The summed E-state index contributed by atoms with van der Waals surface area (Å²) in [6.07, 6.45) is -12.7. The maximum absolute atomic E-state index is 13.2. The van der Waals surface area contributed by atoms with Crippen molar-refractivity contribution >= 4 is 27.5 Å². The standard InChI is InChI=1S/C23H22F6N2O6S/c1-12(2)37-20(33)31-11-13-10-16(38(3,35)36)8-9-17(13)18(31)19(32)30-15-6-4-14(5-7-15)21(34,22(24,25)26)23(27,28)29/h4-10,12,18,34H,11H2,1-3H3,(H,30,32). The summed E-state index contributed by atoms with van der Waals surface area (Å²) >= 11 is 0. The molecular formula is C23H22F6N2O6S. The Morgan fingerprint density at radius 3 is 2.05 bits per heavy atom. The number of ether oxygens (including phenoxy) is 1. The van der Waals surface area contributed by atoms with E-state index in [4.69, 9.17) is 4.74 Å². The van der Waals surface area contributed by atoms with E-state index in [1.54, 1.807) is 13.8 Å². The van der Waals surface area contributed by atoms with Gasteiger partial charge < -0.3 is 15.2 Å². The highest BCUT2D eigenvalue weighted by atomic mass is 32.2. The Hall–Kier alpha value is -3.33. The number of amides is 2. The molecule has 0 aromatic heterocycles. The number of nitrogens with one attached hydrogen (secondary N) is 1. The highest BCUT2D eigenvalue weighted by molar-refractivity contribution is 7.90. The Kier molecular flexibility index (Phi) is 7.51. The summed E-state index contributed by atoms with van der Waals surface area (Å²) in [5, 5.41) is 11.8. The van der Waals surface area contributed by atoms with Crippen LogP contribution in [0.3, 0.4) is 0 Å². The normalized spacial score (nSPS) is 16.4. The van der Waals surface area contributed by atoms with Crippen LogP contribution in [0.5, 0.6) is 0 Å². The summed E-state index contributed by atoms with van der Waals surface area (Å²) in [5.41, 5.74) is -6.32. The third kappa shape index (κ3) is 5.43. The molecule has 0 aliphatic carbocycles. The number of carbonyl (C=O) groups excluding carboxylic acids is 2. The number of sulfone groups is 1. The minimum absolute atomic E-state index is 0.0631. The second kappa shape index (κ2) is 9.76. The van der Waals surface area contributed by atoms with Gasteiger partial charge in [-0.2, -0.15) is 26.3 Å². The molecule has 0 spiro atoms. The number of halogens is 6. The Morgan fingerprint density at radius 2 is 1.58 bits per heavy atom. The number of benzene rings is 2. The van der Waals surface area contributed by atoms with Crippen molar-refractivity contribution in [2.45, 2.75) is 55.4 Å². The number of anilines is 1. The Labute approximate surface area is 213 Å². The van der Waals surface area contributed by atoms with Crippen molar-refractivity contribution in [3.05, 3.63) is 59.2 Å². The molecule has 2 amide bonds. The van der Waals surface area contributed by atoms with E-state index in [0.29, 0.717) is 17.7 Å². The van der Waals surface area contributed by atoms with E-state index >= 15 is 0 Å². The van der Waals surface area contributed by atoms with Crippen LogP contribution in [0.25, 0.3) is 0 Å². The molecule has 0 fully saturated rings. The fourth-order valence-electron chi connectivity index (χ4n) is 3.87. The summed E-state index contributed by atoms with van der Waals surface area (Å²) in [7, 11) is -3.62. The third-order valence-electron chi connectivity index (χ3n) is 5.70. The lowest BCUT2D eigenvalue weighted by atomic mass is 9.92. The molecule has 3 rings (SSSR count). The smallest absolute Gasteiger partial charge is 0.430 e. The first kappa shape index (κ1) is 29.2. The van der Waals surface area contributed by atoms with Crippen LogP contribution in [0.1, 0.15) is 36.6 Å². The van der Waals surface area contributed by atoms with Crippen molar-refractivity contribution in [2.75, 3.05) is 11.6 Å². The molecular weight excluding hydrogens is 546 g/mol. The van der Waals surface area contributed by atoms with E-state index in [1.165, 1.54) is 18.2 Å². The van der Waals surface area contributed by atoms with Crippen molar-refractivity contribution in [3.8, 4) is 0 Å². The summed E-state index contributed by atoms with van der Waals surface area (Å²) in [6, 6.07) is 4.68. The SMILES string of the molecule is CC(C)OC(=O)N1Cc2cc(S(C)(=O)=O)ccc2C1C(=O)Nc1ccc(C(O)(C(F)(F)F)C(F)(F)F)cc1. The van der Waals surface area contributed by atoms with Crippen molar-refractivity contribution in [3.63, 3.8) is 0 Å². The summed E-state index contributed by atoms with van der Waals surface area (Å²) in [5.74, 6) is -0.897. The molecule has 0 saturated carbocycles. The van der Waals surface area contributed by atoms with Gasteiger partial charge in [-0.05, 0) is 49.2 Å². The average Bonchev–Trinajstić information content (AvgIpc) is 3.15. The predicted molar refractivity (Wildman–Crippen MR) is 121 cm³/mol. The lowest BCUT2D eigenvalue weighted by molar-refractivity contribution is -0.376. The average molecular weight is 568 g/mol. The molecule has 1 unspecified atom stereocenters. The van der Waals surface area contributed by atoms with Gasteiger partial charge in [0.25, 0.3) is 11.5 Å². The van der Waals surface area contributed by atoms with E-state index in [9.17, 15) is 49.5 Å². The maximum Gasteiger partial charge on any atom is 0.430 e. The van der Waals surface area contributed by atoms with Gasteiger partial charge in [0.15, 0.2) is 9.84 Å². The topological polar surface area (TPSA) is 113 Å². The van der Waals surface area contributed by atoms with Crippen LogP contribution in [-0.4, -0.2) is 55.1 Å². The van der Waals surface area contributed by atoms with Crippen molar-refractivity contribution < 1.29 is 54.2 Å². The van der Waals surface area contributed by atoms with E-state index in [2.05, 4.69) is 5.32 Å². The van der Waals surface area contributed by atoms with Gasteiger partial charge in [0.2, 0.25) is 0 Å². The van der Waals surface area contributed by atoms with Gasteiger partial charge in [-0.3, -0.25) is 9.69 Å². The minimum Gasteiger partial charge on any atom is -0.447 e. The van der Waals surface area contributed by atoms with E-state index in [0.717, 1.165) is 23.3 Å². The molecule has 1 heterocycles. The summed E-state index contributed by atoms with van der Waals surface area (Å²) in [6.45, 7) is 2.91. The molecule has 38 heavy (non-hydrogen) atoms. The first-order chi connectivity index (χ1) is 17.3. The Morgan fingerprint density at radius 1 is 1.03 bits per heavy atom. The number of alkyl halides is 6. The number of aliphatic hydroxyl groups is 1. The molecule has 208 valence electrons. The molecule has 0 saturated heterocycles. The van der Waals surface area contributed by atoms with Crippen molar-refractivity contribution in [1.82, 2.24) is 4.90 Å². The van der Waals surface area contributed by atoms with Gasteiger partial charge in [0.1, 0.15) is 6.04 Å². The van der Waals surface area contributed by atoms with Gasteiger partial charge in [0, 0.05) is 17.5 Å². The lowest BCUT2D eigenvalue weighted by Gasteiger charge is -2.32. The van der Waals surface area contributed by atoms with Crippen LogP contribution in [0.4, 0.5) is 36.8 Å². The molecule has 2 aromatic carbocycles. The first-order valence-corrected chi connectivity index (χ1v) is 12.7. The largest absolute Gasteiger partial charge is 0.447 e. The number of fused-ring (bicyclic) bond motifs is 1. The molecule has 2 aromatic rings. The lowest BCUT2D eigenvalue weighted by Crippen LogP contribution is -2.53. The quantitative estimate of drug-likeness (QED) is 0.516. The number of hydrogen-bond donors (Lipinski definition) is 2. The third-order valence-corrected chi connectivity index (χ3v) is 6.81.